The van der Waals surface area contributed by atoms with Gasteiger partial charge in [0.15, 0.2) is 0 Å². The van der Waals surface area contributed by atoms with Crippen LogP contribution in [0.3, 0.4) is 0 Å². The second kappa shape index (κ2) is 5.90. The Bertz CT molecular complexity index is 869. The third kappa shape index (κ3) is 2.75. The number of halogens is 1. The van der Waals surface area contributed by atoms with Gasteiger partial charge in [-0.3, -0.25) is 0 Å². The number of ether oxygens (including phenoxy) is 1. The quantitative estimate of drug-likeness (QED) is 0.727. The molecule has 0 aliphatic rings. The highest BCUT2D eigenvalue weighted by Gasteiger charge is 2.15. The summed E-state index contributed by atoms with van der Waals surface area (Å²) in [7, 11) is 1.53. The molecule has 0 saturated heterocycles. The first-order valence-corrected chi connectivity index (χ1v) is 7.57. The molecule has 1 aromatic carbocycles. The zero-order chi connectivity index (χ0) is 15.7. The second-order valence-electron chi connectivity index (χ2n) is 4.56. The SMILES string of the molecule is Cc1cnc(OCc2c(Cl)cccc2-n2nnn(C)c2=O)s1. The summed E-state index contributed by atoms with van der Waals surface area (Å²) in [4.78, 5) is 17.2. The minimum absolute atomic E-state index is 0.185. The summed E-state index contributed by atoms with van der Waals surface area (Å²) in [6.45, 7) is 2.13. The van der Waals surface area contributed by atoms with Crippen molar-refractivity contribution in [2.24, 2.45) is 7.05 Å². The molecule has 0 bridgehead atoms. The Morgan fingerprint density at radius 2 is 2.18 bits per heavy atom. The normalized spacial score (nSPS) is 10.9. The fourth-order valence-electron chi connectivity index (χ4n) is 1.89. The zero-order valence-corrected chi connectivity index (χ0v) is 13.4. The number of hydrogen-bond donors (Lipinski definition) is 0. The van der Waals surface area contributed by atoms with Gasteiger partial charge >= 0.3 is 5.69 Å². The van der Waals surface area contributed by atoms with E-state index >= 15 is 0 Å². The molecule has 3 rings (SSSR count). The number of tetrazole rings is 1. The molecule has 0 fully saturated rings. The Labute approximate surface area is 134 Å². The summed E-state index contributed by atoms with van der Waals surface area (Å²) >= 11 is 7.69. The number of aryl methyl sites for hydroxylation is 2. The second-order valence-corrected chi connectivity index (χ2v) is 6.16. The van der Waals surface area contributed by atoms with Crippen LogP contribution >= 0.6 is 22.9 Å². The average Bonchev–Trinajstić information content (AvgIpc) is 3.05. The molecule has 0 aliphatic heterocycles. The first kappa shape index (κ1) is 14.7. The highest BCUT2D eigenvalue weighted by molar-refractivity contribution is 7.13. The van der Waals surface area contributed by atoms with E-state index in [1.54, 1.807) is 24.4 Å². The van der Waals surface area contributed by atoms with Gasteiger partial charge in [0, 0.05) is 28.7 Å². The predicted molar refractivity (Wildman–Crippen MR) is 82.8 cm³/mol. The van der Waals surface area contributed by atoms with Crippen molar-refractivity contribution >= 4 is 22.9 Å². The highest BCUT2D eigenvalue weighted by Crippen LogP contribution is 2.26. The minimum Gasteiger partial charge on any atom is -0.465 e. The van der Waals surface area contributed by atoms with E-state index in [1.807, 2.05) is 6.92 Å². The lowest BCUT2D eigenvalue weighted by Crippen LogP contribution is -2.23. The number of hydrogen-bond acceptors (Lipinski definition) is 6. The summed E-state index contributed by atoms with van der Waals surface area (Å²) in [5.74, 6) is 0. The number of rotatable bonds is 4. The van der Waals surface area contributed by atoms with Crippen molar-refractivity contribution in [3.05, 3.63) is 50.3 Å². The Hall–Kier alpha value is -2.19. The summed E-state index contributed by atoms with van der Waals surface area (Å²) in [6.07, 6.45) is 1.74. The molecule has 9 heteroatoms. The molecule has 0 spiro atoms. The van der Waals surface area contributed by atoms with Gasteiger partial charge in [-0.25, -0.2) is 9.78 Å². The minimum atomic E-state index is -0.353. The summed E-state index contributed by atoms with van der Waals surface area (Å²) in [6, 6.07) is 5.22. The Kier molecular flexibility index (Phi) is 3.95. The summed E-state index contributed by atoms with van der Waals surface area (Å²) < 4.78 is 8.00. The lowest BCUT2D eigenvalue weighted by atomic mass is 10.2. The van der Waals surface area contributed by atoms with E-state index in [9.17, 15) is 4.79 Å². The third-order valence-electron chi connectivity index (χ3n) is 2.98. The highest BCUT2D eigenvalue weighted by atomic mass is 35.5. The van der Waals surface area contributed by atoms with Crippen molar-refractivity contribution in [1.29, 1.82) is 0 Å². The fourth-order valence-corrected chi connectivity index (χ4v) is 2.72. The van der Waals surface area contributed by atoms with Gasteiger partial charge in [-0.15, -0.1) is 0 Å². The maximum Gasteiger partial charge on any atom is 0.368 e. The zero-order valence-electron chi connectivity index (χ0n) is 11.9. The molecule has 0 saturated carbocycles. The topological polar surface area (TPSA) is 74.8 Å². The summed E-state index contributed by atoms with van der Waals surface area (Å²) in [5, 5.41) is 8.58. The van der Waals surface area contributed by atoms with Crippen molar-refractivity contribution in [2.45, 2.75) is 13.5 Å². The standard InChI is InChI=1S/C13H12ClN5O2S/c1-8-6-15-12(22-8)21-7-9-10(14)4-3-5-11(9)19-13(20)18(2)16-17-19/h3-6H,7H2,1-2H3. The molecule has 0 atom stereocenters. The lowest BCUT2D eigenvalue weighted by molar-refractivity contribution is 0.304. The number of benzene rings is 1. The van der Waals surface area contributed by atoms with Crippen molar-refractivity contribution < 1.29 is 4.74 Å². The van der Waals surface area contributed by atoms with Crippen LogP contribution in [0.1, 0.15) is 10.4 Å². The molecule has 114 valence electrons. The van der Waals surface area contributed by atoms with Crippen LogP contribution in [-0.2, 0) is 13.7 Å². The van der Waals surface area contributed by atoms with Crippen LogP contribution in [0.5, 0.6) is 5.19 Å². The number of thiazole rings is 1. The molecule has 7 nitrogen and oxygen atoms in total. The average molecular weight is 338 g/mol. The molecule has 0 radical (unpaired) electrons. The third-order valence-corrected chi connectivity index (χ3v) is 4.16. The van der Waals surface area contributed by atoms with Crippen LogP contribution in [0.4, 0.5) is 0 Å². The van der Waals surface area contributed by atoms with Crippen LogP contribution in [0.2, 0.25) is 5.02 Å². The van der Waals surface area contributed by atoms with Gasteiger partial charge in [0.2, 0.25) is 0 Å². The van der Waals surface area contributed by atoms with E-state index in [0.717, 1.165) is 9.56 Å². The van der Waals surface area contributed by atoms with Gasteiger partial charge in [0.25, 0.3) is 5.19 Å². The van der Waals surface area contributed by atoms with Crippen LogP contribution < -0.4 is 10.4 Å². The number of nitrogens with zero attached hydrogens (tertiary/aromatic N) is 5. The van der Waals surface area contributed by atoms with E-state index in [4.69, 9.17) is 16.3 Å². The maximum atomic E-state index is 12.0. The van der Waals surface area contributed by atoms with Crippen LogP contribution in [-0.4, -0.2) is 24.8 Å². The molecule has 2 heterocycles. The molecule has 0 N–H and O–H groups in total. The largest absolute Gasteiger partial charge is 0.465 e. The van der Waals surface area contributed by atoms with Crippen LogP contribution in [0, 0.1) is 6.92 Å². The molecule has 2 aromatic heterocycles. The van der Waals surface area contributed by atoms with Crippen molar-refractivity contribution in [3.8, 4) is 10.9 Å². The molecular weight excluding hydrogens is 326 g/mol. The van der Waals surface area contributed by atoms with Crippen molar-refractivity contribution in [2.75, 3.05) is 0 Å². The molecule has 0 unspecified atom stereocenters. The molecule has 22 heavy (non-hydrogen) atoms. The smallest absolute Gasteiger partial charge is 0.368 e. The molecular formula is C13H12ClN5O2S. The van der Waals surface area contributed by atoms with Gasteiger partial charge in [-0.05, 0) is 29.5 Å². The van der Waals surface area contributed by atoms with E-state index < -0.39 is 0 Å². The van der Waals surface area contributed by atoms with Gasteiger partial charge in [-0.2, -0.15) is 9.36 Å². The van der Waals surface area contributed by atoms with E-state index in [2.05, 4.69) is 15.4 Å². The van der Waals surface area contributed by atoms with Gasteiger partial charge in [0.05, 0.1) is 5.69 Å². The maximum absolute atomic E-state index is 12.0. The van der Waals surface area contributed by atoms with Crippen LogP contribution in [0.25, 0.3) is 5.69 Å². The van der Waals surface area contributed by atoms with E-state index in [1.165, 1.54) is 23.1 Å². The monoisotopic (exact) mass is 337 g/mol. The first-order chi connectivity index (χ1) is 10.6. The van der Waals surface area contributed by atoms with Crippen molar-refractivity contribution in [3.63, 3.8) is 0 Å². The Morgan fingerprint density at radius 1 is 1.36 bits per heavy atom. The number of aromatic nitrogens is 5. The van der Waals surface area contributed by atoms with Crippen LogP contribution in [0.15, 0.2) is 29.2 Å². The van der Waals surface area contributed by atoms with Gasteiger partial charge < -0.3 is 4.74 Å². The van der Waals surface area contributed by atoms with E-state index in [0.29, 0.717) is 21.5 Å². The molecule has 0 aliphatic carbocycles. The lowest BCUT2D eigenvalue weighted by Gasteiger charge is -2.10. The predicted octanol–water partition coefficient (Wildman–Crippen LogP) is 1.96. The van der Waals surface area contributed by atoms with Gasteiger partial charge in [-0.1, -0.05) is 29.0 Å². The summed E-state index contributed by atoms with van der Waals surface area (Å²) in [5.41, 5.74) is 0.840. The fraction of sp³-hybridized carbons (Fsp3) is 0.231. The molecule has 0 amide bonds. The van der Waals surface area contributed by atoms with E-state index in [-0.39, 0.29) is 12.3 Å². The Balaban J connectivity index is 1.96. The molecule has 3 aromatic rings. The van der Waals surface area contributed by atoms with Crippen molar-refractivity contribution in [1.82, 2.24) is 24.8 Å². The van der Waals surface area contributed by atoms with Gasteiger partial charge in [0.1, 0.15) is 6.61 Å². The first-order valence-electron chi connectivity index (χ1n) is 6.38. The Morgan fingerprint density at radius 3 is 2.82 bits per heavy atom.